The number of carbonyl (C=O) groups excluding carboxylic acids is 2. The van der Waals surface area contributed by atoms with Crippen LogP contribution in [0, 0.1) is 15.9 Å². The highest BCUT2D eigenvalue weighted by Crippen LogP contribution is 2.23. The number of nitrogens with zero attached hydrogens (tertiary/aromatic N) is 3. The molecular formula is C20H13FN4O4. The number of non-ortho nitro benzene ring substituents is 1. The largest absolute Gasteiger partial charge is 0.317 e. The van der Waals surface area contributed by atoms with Gasteiger partial charge < -0.3 is 4.57 Å². The first-order valence-electron chi connectivity index (χ1n) is 8.49. The zero-order valence-corrected chi connectivity index (χ0v) is 14.8. The number of nitrogens with one attached hydrogen (secondary N) is 1. The maximum atomic E-state index is 13.1. The molecule has 8 nitrogen and oxygen atoms in total. The summed E-state index contributed by atoms with van der Waals surface area (Å²) >= 11 is 0. The Morgan fingerprint density at radius 3 is 2.28 bits per heavy atom. The predicted molar refractivity (Wildman–Crippen MR) is 102 cm³/mol. The third-order valence-electron chi connectivity index (χ3n) is 4.39. The number of nitro groups is 1. The Morgan fingerprint density at radius 2 is 1.62 bits per heavy atom. The first-order valence-corrected chi connectivity index (χ1v) is 8.49. The Balaban J connectivity index is 1.66. The highest BCUT2D eigenvalue weighted by molar-refractivity contribution is 6.31. The Morgan fingerprint density at radius 1 is 0.966 bits per heavy atom. The van der Waals surface area contributed by atoms with Crippen molar-refractivity contribution in [3.8, 4) is 5.69 Å². The minimum Gasteiger partial charge on any atom is -0.317 e. The summed E-state index contributed by atoms with van der Waals surface area (Å²) < 4.78 is 14.8. The summed E-state index contributed by atoms with van der Waals surface area (Å²) in [5, 5.41) is 11.9. The number of nitro benzene ring substituents is 1. The van der Waals surface area contributed by atoms with E-state index in [0.717, 1.165) is 5.01 Å². The van der Waals surface area contributed by atoms with E-state index in [1.807, 2.05) is 0 Å². The lowest BCUT2D eigenvalue weighted by atomic mass is 10.2. The van der Waals surface area contributed by atoms with E-state index in [0.29, 0.717) is 17.1 Å². The van der Waals surface area contributed by atoms with Gasteiger partial charge in [0, 0.05) is 29.7 Å². The van der Waals surface area contributed by atoms with Gasteiger partial charge in [-0.25, -0.2) is 9.40 Å². The zero-order chi connectivity index (χ0) is 20.5. The van der Waals surface area contributed by atoms with Crippen LogP contribution in [0.4, 0.5) is 15.8 Å². The van der Waals surface area contributed by atoms with Crippen molar-refractivity contribution < 1.29 is 18.9 Å². The second-order valence-electron chi connectivity index (χ2n) is 6.19. The number of amides is 2. The van der Waals surface area contributed by atoms with Gasteiger partial charge in [-0.15, -0.1) is 0 Å². The van der Waals surface area contributed by atoms with Gasteiger partial charge >= 0.3 is 0 Å². The Hall–Kier alpha value is -4.27. The van der Waals surface area contributed by atoms with Crippen molar-refractivity contribution >= 4 is 29.3 Å². The molecule has 0 radical (unpaired) electrons. The van der Waals surface area contributed by atoms with Crippen LogP contribution in [0.2, 0.25) is 0 Å². The molecule has 4 rings (SSSR count). The van der Waals surface area contributed by atoms with Crippen molar-refractivity contribution in [1.82, 2.24) is 9.99 Å². The number of hydrogen-bond acceptors (Lipinski definition) is 4. The fourth-order valence-electron chi connectivity index (χ4n) is 2.96. The minimum absolute atomic E-state index is 0.0406. The fourth-order valence-corrected chi connectivity index (χ4v) is 2.96. The molecule has 1 fully saturated rings. The molecule has 1 N–H and O–H groups in total. The summed E-state index contributed by atoms with van der Waals surface area (Å²) in [6, 6.07) is 14.5. The molecule has 3 aromatic rings. The fraction of sp³-hybridized carbons (Fsp3) is 0. The second kappa shape index (κ2) is 7.04. The monoisotopic (exact) mass is 392 g/mol. The van der Waals surface area contributed by atoms with E-state index in [-0.39, 0.29) is 11.3 Å². The number of anilines is 1. The van der Waals surface area contributed by atoms with Crippen LogP contribution in [0.3, 0.4) is 0 Å². The van der Waals surface area contributed by atoms with Gasteiger partial charge in [0.15, 0.2) is 0 Å². The zero-order valence-electron chi connectivity index (χ0n) is 14.8. The van der Waals surface area contributed by atoms with E-state index in [2.05, 4.69) is 5.43 Å². The smallest absolute Gasteiger partial charge is 0.282 e. The SMILES string of the molecule is O=C1NN(c2ccc(F)cc2)C(=O)C1=Cc1cccn1-c1ccc([N+](=O)[O-])cc1. The van der Waals surface area contributed by atoms with Crippen molar-refractivity contribution in [1.29, 1.82) is 0 Å². The summed E-state index contributed by atoms with van der Waals surface area (Å²) in [5.41, 5.74) is 3.83. The number of benzene rings is 2. The van der Waals surface area contributed by atoms with E-state index in [4.69, 9.17) is 0 Å². The normalized spacial score (nSPS) is 15.1. The summed E-state index contributed by atoms with van der Waals surface area (Å²) in [4.78, 5) is 35.3. The van der Waals surface area contributed by atoms with Crippen molar-refractivity contribution in [2.75, 3.05) is 5.01 Å². The van der Waals surface area contributed by atoms with Crippen LogP contribution in [0.15, 0.2) is 72.4 Å². The Labute approximate surface area is 163 Å². The molecule has 0 spiro atoms. The molecule has 0 unspecified atom stereocenters. The standard InChI is InChI=1S/C20H13FN4O4/c21-13-3-5-15(6-4-13)24-20(27)18(19(26)22-24)12-17-2-1-11-23(17)14-7-9-16(10-8-14)25(28)29/h1-12H,(H,22,26). The number of hydrogen-bond donors (Lipinski definition) is 1. The molecule has 9 heteroatoms. The first kappa shape index (κ1) is 18.1. The van der Waals surface area contributed by atoms with E-state index in [9.17, 15) is 24.1 Å². The van der Waals surface area contributed by atoms with Crippen LogP contribution < -0.4 is 10.4 Å². The van der Waals surface area contributed by atoms with Crippen molar-refractivity contribution in [2.24, 2.45) is 0 Å². The van der Waals surface area contributed by atoms with Crippen LogP contribution in [-0.4, -0.2) is 21.3 Å². The van der Waals surface area contributed by atoms with Gasteiger partial charge in [-0.3, -0.25) is 25.1 Å². The second-order valence-corrected chi connectivity index (χ2v) is 6.19. The third kappa shape index (κ3) is 3.36. The molecule has 1 aromatic heterocycles. The average Bonchev–Trinajstić information content (AvgIpc) is 3.29. The lowest BCUT2D eigenvalue weighted by Gasteiger charge is -2.14. The molecule has 144 valence electrons. The highest BCUT2D eigenvalue weighted by Gasteiger charge is 2.34. The lowest BCUT2D eigenvalue weighted by Crippen LogP contribution is -2.35. The lowest BCUT2D eigenvalue weighted by molar-refractivity contribution is -0.384. The maximum absolute atomic E-state index is 13.1. The quantitative estimate of drug-likeness (QED) is 0.319. The van der Waals surface area contributed by atoms with Crippen molar-refractivity contribution in [3.05, 3.63) is 94.1 Å². The molecule has 2 amide bonds. The maximum Gasteiger partial charge on any atom is 0.282 e. The van der Waals surface area contributed by atoms with Crippen LogP contribution in [-0.2, 0) is 9.59 Å². The molecule has 1 aliphatic rings. The first-order chi connectivity index (χ1) is 13.9. The number of rotatable bonds is 4. The van der Waals surface area contributed by atoms with Gasteiger partial charge in [-0.2, -0.15) is 0 Å². The Bertz CT molecular complexity index is 1150. The van der Waals surface area contributed by atoms with Gasteiger partial charge in [0.1, 0.15) is 11.4 Å². The van der Waals surface area contributed by atoms with E-state index >= 15 is 0 Å². The topological polar surface area (TPSA) is 97.5 Å². The molecule has 0 atom stereocenters. The number of aromatic nitrogens is 1. The number of hydrazine groups is 1. The molecule has 1 saturated heterocycles. The van der Waals surface area contributed by atoms with E-state index < -0.39 is 22.6 Å². The number of carbonyl (C=O) groups is 2. The van der Waals surface area contributed by atoms with E-state index in [1.165, 1.54) is 42.5 Å². The molecular weight excluding hydrogens is 379 g/mol. The highest BCUT2D eigenvalue weighted by atomic mass is 19.1. The minimum atomic E-state index is -0.587. The van der Waals surface area contributed by atoms with Gasteiger partial charge in [0.05, 0.1) is 10.6 Å². The summed E-state index contributed by atoms with van der Waals surface area (Å²) in [5.74, 6) is -1.61. The molecule has 2 heterocycles. The summed E-state index contributed by atoms with van der Waals surface area (Å²) in [6.45, 7) is 0. The summed E-state index contributed by atoms with van der Waals surface area (Å²) in [7, 11) is 0. The van der Waals surface area contributed by atoms with Gasteiger partial charge in [-0.1, -0.05) is 0 Å². The van der Waals surface area contributed by atoms with E-state index in [1.54, 1.807) is 35.0 Å². The molecule has 0 saturated carbocycles. The average molecular weight is 392 g/mol. The van der Waals surface area contributed by atoms with Crippen molar-refractivity contribution in [3.63, 3.8) is 0 Å². The van der Waals surface area contributed by atoms with Crippen LogP contribution in [0.1, 0.15) is 5.69 Å². The molecule has 0 aliphatic carbocycles. The third-order valence-corrected chi connectivity index (χ3v) is 4.39. The predicted octanol–water partition coefficient (Wildman–Crippen LogP) is 2.99. The van der Waals surface area contributed by atoms with Gasteiger partial charge in [0.2, 0.25) is 0 Å². The number of halogens is 1. The van der Waals surface area contributed by atoms with Gasteiger partial charge in [0.25, 0.3) is 17.5 Å². The van der Waals surface area contributed by atoms with Crippen LogP contribution >= 0.6 is 0 Å². The molecule has 2 aromatic carbocycles. The van der Waals surface area contributed by atoms with Crippen molar-refractivity contribution in [2.45, 2.75) is 0 Å². The van der Waals surface area contributed by atoms with Crippen LogP contribution in [0.5, 0.6) is 0 Å². The van der Waals surface area contributed by atoms with Crippen LogP contribution in [0.25, 0.3) is 11.8 Å². The molecule has 29 heavy (non-hydrogen) atoms. The summed E-state index contributed by atoms with van der Waals surface area (Å²) in [6.07, 6.45) is 3.14. The molecule has 0 bridgehead atoms. The van der Waals surface area contributed by atoms with Gasteiger partial charge in [-0.05, 0) is 54.6 Å². The Kier molecular flexibility index (Phi) is 4.40. The molecule has 1 aliphatic heterocycles.